The van der Waals surface area contributed by atoms with Crippen molar-refractivity contribution in [1.29, 1.82) is 0 Å². The molecular weight excluding hydrogens is 336 g/mol. The SMILES string of the molecule is O=C(/C=C\c1ccccc1)NCC1CC(=O)N(c2ccc(Cl)cc2)C1. The Labute approximate surface area is 152 Å². The number of anilines is 1. The zero-order valence-corrected chi connectivity index (χ0v) is 14.4. The number of carbonyl (C=O) groups is 2. The summed E-state index contributed by atoms with van der Waals surface area (Å²) in [5, 5.41) is 3.51. The molecule has 0 spiro atoms. The normalized spacial score (nSPS) is 17.2. The minimum atomic E-state index is -0.152. The average molecular weight is 355 g/mol. The molecule has 2 aromatic rings. The first-order valence-corrected chi connectivity index (χ1v) is 8.56. The number of carbonyl (C=O) groups excluding carboxylic acids is 2. The maximum Gasteiger partial charge on any atom is 0.244 e. The van der Waals surface area contributed by atoms with E-state index in [-0.39, 0.29) is 17.7 Å². The molecule has 25 heavy (non-hydrogen) atoms. The monoisotopic (exact) mass is 354 g/mol. The van der Waals surface area contributed by atoms with Crippen LogP contribution in [0.1, 0.15) is 12.0 Å². The van der Waals surface area contributed by atoms with E-state index in [2.05, 4.69) is 5.32 Å². The molecule has 1 N–H and O–H groups in total. The third-order valence-electron chi connectivity index (χ3n) is 4.14. The molecular formula is C20H19ClN2O2. The summed E-state index contributed by atoms with van der Waals surface area (Å²) in [6.45, 7) is 1.08. The molecule has 1 atom stereocenters. The molecule has 0 aromatic heterocycles. The van der Waals surface area contributed by atoms with Crippen molar-refractivity contribution in [2.75, 3.05) is 18.0 Å². The van der Waals surface area contributed by atoms with E-state index in [1.165, 1.54) is 6.08 Å². The number of hydrogen-bond acceptors (Lipinski definition) is 2. The number of benzene rings is 2. The number of hydrogen-bond donors (Lipinski definition) is 1. The maximum absolute atomic E-state index is 12.2. The summed E-state index contributed by atoms with van der Waals surface area (Å²) in [5.74, 6) is 0.0277. The van der Waals surface area contributed by atoms with Gasteiger partial charge in [-0.3, -0.25) is 9.59 Å². The number of rotatable bonds is 5. The van der Waals surface area contributed by atoms with Crippen LogP contribution in [0.25, 0.3) is 6.08 Å². The highest BCUT2D eigenvalue weighted by atomic mass is 35.5. The van der Waals surface area contributed by atoms with Crippen LogP contribution in [0.3, 0.4) is 0 Å². The van der Waals surface area contributed by atoms with Crippen LogP contribution >= 0.6 is 11.6 Å². The van der Waals surface area contributed by atoms with Crippen molar-refractivity contribution < 1.29 is 9.59 Å². The van der Waals surface area contributed by atoms with Crippen molar-refractivity contribution in [3.63, 3.8) is 0 Å². The Kier molecular flexibility index (Phi) is 5.51. The maximum atomic E-state index is 12.2. The van der Waals surface area contributed by atoms with Gasteiger partial charge in [0.15, 0.2) is 0 Å². The molecule has 2 amide bonds. The van der Waals surface area contributed by atoms with Crippen molar-refractivity contribution in [1.82, 2.24) is 5.32 Å². The summed E-state index contributed by atoms with van der Waals surface area (Å²) in [6, 6.07) is 16.9. The lowest BCUT2D eigenvalue weighted by atomic mass is 10.1. The molecule has 5 heteroatoms. The van der Waals surface area contributed by atoms with Gasteiger partial charge in [-0.05, 0) is 35.9 Å². The minimum Gasteiger partial charge on any atom is -0.352 e. The summed E-state index contributed by atoms with van der Waals surface area (Å²) in [5.41, 5.74) is 1.81. The summed E-state index contributed by atoms with van der Waals surface area (Å²) < 4.78 is 0. The van der Waals surface area contributed by atoms with Crippen LogP contribution in [-0.4, -0.2) is 24.9 Å². The van der Waals surface area contributed by atoms with Gasteiger partial charge in [0, 0.05) is 42.2 Å². The second kappa shape index (κ2) is 7.99. The van der Waals surface area contributed by atoms with E-state index in [0.717, 1.165) is 11.3 Å². The second-order valence-corrected chi connectivity index (χ2v) is 6.48. The smallest absolute Gasteiger partial charge is 0.244 e. The molecule has 1 fully saturated rings. The van der Waals surface area contributed by atoms with Gasteiger partial charge in [-0.15, -0.1) is 0 Å². The van der Waals surface area contributed by atoms with Gasteiger partial charge in [0.05, 0.1) is 0 Å². The largest absolute Gasteiger partial charge is 0.352 e. The van der Waals surface area contributed by atoms with Gasteiger partial charge in [0.2, 0.25) is 11.8 Å². The van der Waals surface area contributed by atoms with Crippen molar-refractivity contribution in [2.45, 2.75) is 6.42 Å². The van der Waals surface area contributed by atoms with E-state index >= 15 is 0 Å². The third kappa shape index (κ3) is 4.70. The molecule has 1 saturated heterocycles. The number of nitrogens with zero attached hydrogens (tertiary/aromatic N) is 1. The van der Waals surface area contributed by atoms with Crippen LogP contribution in [0.2, 0.25) is 5.02 Å². The lowest BCUT2D eigenvalue weighted by molar-refractivity contribution is -0.118. The van der Waals surface area contributed by atoms with E-state index in [0.29, 0.717) is 24.5 Å². The predicted octanol–water partition coefficient (Wildman–Crippen LogP) is 3.52. The second-order valence-electron chi connectivity index (χ2n) is 6.04. The van der Waals surface area contributed by atoms with E-state index < -0.39 is 0 Å². The molecule has 4 nitrogen and oxygen atoms in total. The fourth-order valence-electron chi connectivity index (χ4n) is 2.83. The van der Waals surface area contributed by atoms with Crippen molar-refractivity contribution in [2.24, 2.45) is 5.92 Å². The van der Waals surface area contributed by atoms with Crippen molar-refractivity contribution >= 4 is 35.2 Å². The van der Waals surface area contributed by atoms with Gasteiger partial charge in [-0.2, -0.15) is 0 Å². The molecule has 0 bridgehead atoms. The first kappa shape index (κ1) is 17.2. The zero-order valence-electron chi connectivity index (χ0n) is 13.7. The fourth-order valence-corrected chi connectivity index (χ4v) is 2.95. The molecule has 2 aromatic carbocycles. The molecule has 1 aliphatic rings. The van der Waals surface area contributed by atoms with Gasteiger partial charge >= 0.3 is 0 Å². The van der Waals surface area contributed by atoms with Gasteiger partial charge < -0.3 is 10.2 Å². The average Bonchev–Trinajstić information content (AvgIpc) is 3.00. The molecule has 1 heterocycles. The topological polar surface area (TPSA) is 49.4 Å². The summed E-state index contributed by atoms with van der Waals surface area (Å²) in [7, 11) is 0. The summed E-state index contributed by atoms with van der Waals surface area (Å²) in [6.07, 6.45) is 3.73. The Morgan fingerprint density at radius 2 is 1.88 bits per heavy atom. The standard InChI is InChI=1S/C20H19ClN2O2/c21-17-7-9-18(10-8-17)23-14-16(12-20(23)25)13-22-19(24)11-6-15-4-2-1-3-5-15/h1-11,16H,12-14H2,(H,22,24)/b11-6-. The first-order chi connectivity index (χ1) is 12.1. The van der Waals surface area contributed by atoms with Crippen molar-refractivity contribution in [3.8, 4) is 0 Å². The minimum absolute atomic E-state index is 0.0707. The highest BCUT2D eigenvalue weighted by Crippen LogP contribution is 2.25. The van der Waals surface area contributed by atoms with Gasteiger partial charge in [-0.25, -0.2) is 0 Å². The molecule has 1 unspecified atom stereocenters. The van der Waals surface area contributed by atoms with Crippen LogP contribution in [0, 0.1) is 5.92 Å². The van der Waals surface area contributed by atoms with Crippen LogP contribution in [0.4, 0.5) is 5.69 Å². The highest BCUT2D eigenvalue weighted by molar-refractivity contribution is 6.30. The fraction of sp³-hybridized carbons (Fsp3) is 0.200. The van der Waals surface area contributed by atoms with E-state index in [9.17, 15) is 9.59 Å². The zero-order chi connectivity index (χ0) is 17.6. The van der Waals surface area contributed by atoms with E-state index in [1.54, 1.807) is 23.1 Å². The molecule has 0 radical (unpaired) electrons. The van der Waals surface area contributed by atoms with E-state index in [1.807, 2.05) is 42.5 Å². The van der Waals surface area contributed by atoms with Crippen LogP contribution in [0.5, 0.6) is 0 Å². The van der Waals surface area contributed by atoms with E-state index in [4.69, 9.17) is 11.6 Å². The summed E-state index contributed by atoms with van der Waals surface area (Å²) in [4.78, 5) is 25.9. The lowest BCUT2D eigenvalue weighted by Crippen LogP contribution is -2.30. The Bertz CT molecular complexity index is 772. The number of halogens is 1. The van der Waals surface area contributed by atoms with Gasteiger partial charge in [-0.1, -0.05) is 41.9 Å². The Hall–Kier alpha value is -2.59. The van der Waals surface area contributed by atoms with Crippen LogP contribution in [0.15, 0.2) is 60.7 Å². The number of nitrogens with one attached hydrogen (secondary N) is 1. The van der Waals surface area contributed by atoms with Gasteiger partial charge in [0.25, 0.3) is 0 Å². The lowest BCUT2D eigenvalue weighted by Gasteiger charge is -2.17. The number of amides is 2. The molecule has 1 aliphatic heterocycles. The Morgan fingerprint density at radius 3 is 2.60 bits per heavy atom. The predicted molar refractivity (Wildman–Crippen MR) is 100 cm³/mol. The van der Waals surface area contributed by atoms with Crippen LogP contribution < -0.4 is 10.2 Å². The third-order valence-corrected chi connectivity index (χ3v) is 4.39. The molecule has 0 aliphatic carbocycles. The quantitative estimate of drug-likeness (QED) is 0.835. The van der Waals surface area contributed by atoms with Crippen molar-refractivity contribution in [3.05, 3.63) is 71.3 Å². The summed E-state index contributed by atoms with van der Waals surface area (Å²) >= 11 is 5.88. The molecule has 0 saturated carbocycles. The van der Waals surface area contributed by atoms with Gasteiger partial charge in [0.1, 0.15) is 0 Å². The van der Waals surface area contributed by atoms with Crippen LogP contribution in [-0.2, 0) is 9.59 Å². The molecule has 3 rings (SSSR count). The Morgan fingerprint density at radius 1 is 1.16 bits per heavy atom. The first-order valence-electron chi connectivity index (χ1n) is 8.19. The highest BCUT2D eigenvalue weighted by Gasteiger charge is 2.30. The molecule has 128 valence electrons. The Balaban J connectivity index is 1.51.